The number of piperazine rings is 1. The lowest BCUT2D eigenvalue weighted by atomic mass is 10.1. The predicted octanol–water partition coefficient (Wildman–Crippen LogP) is 3.89. The number of aryl methyl sites for hydroxylation is 1. The zero-order valence-corrected chi connectivity index (χ0v) is 17.5. The molecule has 2 heterocycles. The van der Waals surface area contributed by atoms with E-state index < -0.39 is 0 Å². The molecule has 0 bridgehead atoms. The zero-order chi connectivity index (χ0) is 19.7. The summed E-state index contributed by atoms with van der Waals surface area (Å²) in [5, 5.41) is 1.06. The molecule has 1 fully saturated rings. The van der Waals surface area contributed by atoms with Crippen LogP contribution < -0.4 is 9.80 Å². The Morgan fingerprint density at radius 2 is 1.89 bits per heavy atom. The van der Waals surface area contributed by atoms with Crippen LogP contribution >= 0.6 is 11.3 Å². The van der Waals surface area contributed by atoms with Gasteiger partial charge in [0, 0.05) is 51.5 Å². The summed E-state index contributed by atoms with van der Waals surface area (Å²) in [6.07, 6.45) is 1.04. The normalized spacial score (nSPS) is 14.5. The Hall–Kier alpha value is -2.60. The fraction of sp³-hybridized carbons (Fsp3) is 0.364. The molecule has 1 aliphatic heterocycles. The average molecular weight is 395 g/mol. The number of aromatic nitrogens is 1. The van der Waals surface area contributed by atoms with Gasteiger partial charge in [-0.3, -0.25) is 4.79 Å². The van der Waals surface area contributed by atoms with Gasteiger partial charge in [-0.2, -0.15) is 0 Å². The van der Waals surface area contributed by atoms with E-state index in [-0.39, 0.29) is 5.91 Å². The standard InChI is InChI=1S/C22H26N4OS/c1-4-16-8-9-19-20(14-16)28-22(23-19)26-12-10-25(11-13-26)21(27)17-6-5-7-18(15-17)24(2)3/h5-9,14-15H,4,10-13H2,1-3H3. The van der Waals surface area contributed by atoms with E-state index in [0.717, 1.165) is 54.5 Å². The van der Waals surface area contributed by atoms with Crippen LogP contribution in [0.15, 0.2) is 42.5 Å². The Labute approximate surface area is 170 Å². The van der Waals surface area contributed by atoms with Crippen molar-refractivity contribution in [3.05, 3.63) is 53.6 Å². The molecule has 1 aromatic heterocycles. The van der Waals surface area contributed by atoms with Crippen LogP contribution in [0.3, 0.4) is 0 Å². The summed E-state index contributed by atoms with van der Waals surface area (Å²) in [6.45, 7) is 5.26. The molecular weight excluding hydrogens is 368 g/mol. The average Bonchev–Trinajstić information content (AvgIpc) is 3.16. The van der Waals surface area contributed by atoms with Crippen LogP contribution in [0.1, 0.15) is 22.8 Å². The maximum absolute atomic E-state index is 12.9. The number of amides is 1. The molecule has 1 saturated heterocycles. The monoisotopic (exact) mass is 394 g/mol. The van der Waals surface area contributed by atoms with Gasteiger partial charge >= 0.3 is 0 Å². The van der Waals surface area contributed by atoms with Gasteiger partial charge < -0.3 is 14.7 Å². The number of hydrogen-bond acceptors (Lipinski definition) is 5. The maximum atomic E-state index is 12.9. The molecule has 146 valence electrons. The highest BCUT2D eigenvalue weighted by Crippen LogP contribution is 2.30. The molecule has 0 saturated carbocycles. The summed E-state index contributed by atoms with van der Waals surface area (Å²) in [6, 6.07) is 14.4. The first-order valence-electron chi connectivity index (χ1n) is 9.76. The Morgan fingerprint density at radius 3 is 2.61 bits per heavy atom. The zero-order valence-electron chi connectivity index (χ0n) is 16.7. The van der Waals surface area contributed by atoms with Crippen LogP contribution in [-0.2, 0) is 6.42 Å². The smallest absolute Gasteiger partial charge is 0.254 e. The first kappa shape index (κ1) is 18.7. The van der Waals surface area contributed by atoms with Gasteiger partial charge in [-0.15, -0.1) is 0 Å². The Bertz CT molecular complexity index is 989. The molecule has 3 aromatic rings. The molecular formula is C22H26N4OS. The van der Waals surface area contributed by atoms with Gasteiger partial charge in [0.1, 0.15) is 0 Å². The van der Waals surface area contributed by atoms with E-state index in [1.54, 1.807) is 11.3 Å². The van der Waals surface area contributed by atoms with Crippen molar-refractivity contribution in [2.75, 3.05) is 50.1 Å². The summed E-state index contributed by atoms with van der Waals surface area (Å²) in [4.78, 5) is 24.0. The summed E-state index contributed by atoms with van der Waals surface area (Å²) in [5.74, 6) is 0.111. The molecule has 0 radical (unpaired) electrons. The van der Waals surface area contributed by atoms with E-state index in [0.29, 0.717) is 0 Å². The third-order valence-corrected chi connectivity index (χ3v) is 6.38. The number of anilines is 2. The lowest BCUT2D eigenvalue weighted by Crippen LogP contribution is -2.48. The molecule has 4 rings (SSSR count). The molecule has 28 heavy (non-hydrogen) atoms. The Balaban J connectivity index is 1.44. The maximum Gasteiger partial charge on any atom is 0.254 e. The van der Waals surface area contributed by atoms with Gasteiger partial charge in [0.05, 0.1) is 10.2 Å². The number of carbonyl (C=O) groups is 1. The number of nitrogens with zero attached hydrogens (tertiary/aromatic N) is 4. The first-order valence-corrected chi connectivity index (χ1v) is 10.6. The molecule has 0 spiro atoms. The van der Waals surface area contributed by atoms with Gasteiger partial charge in [-0.25, -0.2) is 4.98 Å². The van der Waals surface area contributed by atoms with Crippen LogP contribution in [0.25, 0.3) is 10.2 Å². The van der Waals surface area contributed by atoms with E-state index in [1.807, 2.05) is 48.2 Å². The van der Waals surface area contributed by atoms with Gasteiger partial charge in [0.25, 0.3) is 5.91 Å². The SMILES string of the molecule is CCc1ccc2nc(N3CCN(C(=O)c4cccc(N(C)C)c4)CC3)sc2c1. The second-order valence-corrected chi connectivity index (χ2v) is 8.39. The van der Waals surface area contributed by atoms with Crippen LogP contribution in [0.5, 0.6) is 0 Å². The molecule has 0 unspecified atom stereocenters. The second kappa shape index (κ2) is 7.80. The van der Waals surface area contributed by atoms with E-state index in [4.69, 9.17) is 4.98 Å². The summed E-state index contributed by atoms with van der Waals surface area (Å²) in [5.41, 5.74) is 4.21. The van der Waals surface area contributed by atoms with Crippen molar-refractivity contribution >= 4 is 38.3 Å². The molecule has 5 nitrogen and oxygen atoms in total. The van der Waals surface area contributed by atoms with Crippen molar-refractivity contribution < 1.29 is 4.79 Å². The minimum atomic E-state index is 0.111. The molecule has 0 N–H and O–H groups in total. The quantitative estimate of drug-likeness (QED) is 0.673. The minimum absolute atomic E-state index is 0.111. The minimum Gasteiger partial charge on any atom is -0.378 e. The van der Waals surface area contributed by atoms with Crippen molar-refractivity contribution in [1.82, 2.24) is 9.88 Å². The molecule has 0 atom stereocenters. The highest BCUT2D eigenvalue weighted by molar-refractivity contribution is 7.22. The third-order valence-electron chi connectivity index (χ3n) is 5.30. The van der Waals surface area contributed by atoms with E-state index in [9.17, 15) is 4.79 Å². The van der Waals surface area contributed by atoms with Crippen molar-refractivity contribution in [1.29, 1.82) is 0 Å². The number of rotatable bonds is 4. The number of carbonyl (C=O) groups excluding carboxylic acids is 1. The van der Waals surface area contributed by atoms with Crippen LogP contribution in [-0.4, -0.2) is 56.1 Å². The fourth-order valence-corrected chi connectivity index (χ4v) is 4.59. The lowest BCUT2D eigenvalue weighted by Gasteiger charge is -2.34. The fourth-order valence-electron chi connectivity index (χ4n) is 3.51. The Kier molecular flexibility index (Phi) is 5.22. The van der Waals surface area contributed by atoms with Crippen LogP contribution in [0, 0.1) is 0 Å². The summed E-state index contributed by atoms with van der Waals surface area (Å²) < 4.78 is 1.24. The van der Waals surface area contributed by atoms with E-state index >= 15 is 0 Å². The molecule has 1 amide bonds. The predicted molar refractivity (Wildman–Crippen MR) is 118 cm³/mol. The molecule has 0 aliphatic carbocycles. The number of benzene rings is 2. The number of fused-ring (bicyclic) bond motifs is 1. The van der Waals surface area contributed by atoms with Gasteiger partial charge in [0.15, 0.2) is 5.13 Å². The topological polar surface area (TPSA) is 39.7 Å². The number of hydrogen-bond donors (Lipinski definition) is 0. The van der Waals surface area contributed by atoms with E-state index in [2.05, 4.69) is 30.0 Å². The second-order valence-electron chi connectivity index (χ2n) is 7.38. The van der Waals surface area contributed by atoms with Gasteiger partial charge in [0.2, 0.25) is 0 Å². The van der Waals surface area contributed by atoms with Crippen molar-refractivity contribution in [3.8, 4) is 0 Å². The molecule has 1 aliphatic rings. The number of thiazole rings is 1. The van der Waals surface area contributed by atoms with Crippen LogP contribution in [0.2, 0.25) is 0 Å². The van der Waals surface area contributed by atoms with Crippen LogP contribution in [0.4, 0.5) is 10.8 Å². The lowest BCUT2D eigenvalue weighted by molar-refractivity contribution is 0.0747. The Morgan fingerprint density at radius 1 is 1.11 bits per heavy atom. The molecule has 2 aromatic carbocycles. The van der Waals surface area contributed by atoms with Gasteiger partial charge in [-0.1, -0.05) is 30.4 Å². The first-order chi connectivity index (χ1) is 13.5. The third kappa shape index (κ3) is 3.69. The summed E-state index contributed by atoms with van der Waals surface area (Å²) in [7, 11) is 3.98. The highest BCUT2D eigenvalue weighted by Gasteiger charge is 2.24. The van der Waals surface area contributed by atoms with Crippen molar-refractivity contribution in [3.63, 3.8) is 0 Å². The highest BCUT2D eigenvalue weighted by atomic mass is 32.1. The largest absolute Gasteiger partial charge is 0.378 e. The van der Waals surface area contributed by atoms with Gasteiger partial charge in [-0.05, 0) is 42.3 Å². The van der Waals surface area contributed by atoms with Crippen molar-refractivity contribution in [2.45, 2.75) is 13.3 Å². The van der Waals surface area contributed by atoms with E-state index in [1.165, 1.54) is 10.3 Å². The summed E-state index contributed by atoms with van der Waals surface area (Å²) >= 11 is 1.75. The molecule has 6 heteroatoms. The van der Waals surface area contributed by atoms with Crippen molar-refractivity contribution in [2.24, 2.45) is 0 Å².